The van der Waals surface area contributed by atoms with Gasteiger partial charge in [-0.3, -0.25) is 9.69 Å². The van der Waals surface area contributed by atoms with Crippen LogP contribution in [0.15, 0.2) is 18.2 Å². The lowest BCUT2D eigenvalue weighted by Crippen LogP contribution is -2.36. The molecule has 1 heterocycles. The number of hydrogen-bond acceptors (Lipinski definition) is 2. The number of benzene rings is 1. The minimum absolute atomic E-state index is 0.0491. The third-order valence-corrected chi connectivity index (χ3v) is 3.16. The molecule has 0 bridgehead atoms. The molecule has 0 spiro atoms. The van der Waals surface area contributed by atoms with Gasteiger partial charge in [-0.15, -0.1) is 0 Å². The van der Waals surface area contributed by atoms with Crippen LogP contribution in [0.3, 0.4) is 0 Å². The summed E-state index contributed by atoms with van der Waals surface area (Å²) in [7, 11) is 0. The number of hydrogen-bond donors (Lipinski definition) is 2. The van der Waals surface area contributed by atoms with Crippen LogP contribution < -0.4 is 10.2 Å². The van der Waals surface area contributed by atoms with Crippen LogP contribution in [0, 0.1) is 13.8 Å². The summed E-state index contributed by atoms with van der Waals surface area (Å²) >= 11 is 0. The van der Waals surface area contributed by atoms with Crippen molar-refractivity contribution in [1.29, 1.82) is 0 Å². The second-order valence-corrected chi connectivity index (χ2v) is 4.55. The highest BCUT2D eigenvalue weighted by Gasteiger charge is 2.34. The van der Waals surface area contributed by atoms with Crippen LogP contribution in [-0.4, -0.2) is 29.7 Å². The molecule has 1 aliphatic rings. The molecule has 96 valence electrons. The highest BCUT2D eigenvalue weighted by atomic mass is 16.4. The van der Waals surface area contributed by atoms with Gasteiger partial charge in [0.05, 0.1) is 18.2 Å². The molecule has 0 aliphatic carbocycles. The van der Waals surface area contributed by atoms with Gasteiger partial charge in [-0.2, -0.15) is 0 Å². The second kappa shape index (κ2) is 4.68. The zero-order valence-corrected chi connectivity index (χ0v) is 10.4. The Kier molecular flexibility index (Phi) is 3.23. The number of aryl methyl sites for hydroxylation is 2. The molecule has 1 aromatic rings. The number of nitrogens with one attached hydrogen (secondary N) is 1. The van der Waals surface area contributed by atoms with Gasteiger partial charge in [-0.1, -0.05) is 18.2 Å². The number of para-hydroxylation sites is 1. The summed E-state index contributed by atoms with van der Waals surface area (Å²) in [6.07, 6.45) is -0.0491. The fourth-order valence-electron chi connectivity index (χ4n) is 2.38. The summed E-state index contributed by atoms with van der Waals surface area (Å²) in [5.74, 6) is -0.896. The molecule has 1 atom stereocenters. The van der Waals surface area contributed by atoms with E-state index in [2.05, 4.69) is 5.32 Å². The SMILES string of the molecule is Cc1cccc(C)c1N1C(=O)NCC1CC(=O)O. The molecular weight excluding hydrogens is 232 g/mol. The lowest BCUT2D eigenvalue weighted by atomic mass is 10.1. The standard InChI is InChI=1S/C13H16N2O3/c1-8-4-3-5-9(2)12(8)15-10(6-11(16)17)7-14-13(15)18/h3-5,10H,6-7H2,1-2H3,(H,14,18)(H,16,17). The average molecular weight is 248 g/mol. The number of carboxylic acid groups (broad SMARTS) is 1. The zero-order valence-electron chi connectivity index (χ0n) is 10.4. The Hall–Kier alpha value is -2.04. The predicted octanol–water partition coefficient (Wildman–Crippen LogP) is 1.68. The van der Waals surface area contributed by atoms with Crippen molar-refractivity contribution in [2.24, 2.45) is 0 Å². The zero-order chi connectivity index (χ0) is 13.3. The fourth-order valence-corrected chi connectivity index (χ4v) is 2.38. The monoisotopic (exact) mass is 248 g/mol. The third-order valence-electron chi connectivity index (χ3n) is 3.16. The molecule has 2 amide bonds. The van der Waals surface area contributed by atoms with Crippen molar-refractivity contribution in [3.05, 3.63) is 29.3 Å². The van der Waals surface area contributed by atoms with Crippen molar-refractivity contribution in [1.82, 2.24) is 5.32 Å². The molecule has 0 aromatic heterocycles. The number of carbonyl (C=O) groups excluding carboxylic acids is 1. The Balaban J connectivity index is 2.40. The summed E-state index contributed by atoms with van der Waals surface area (Å²) in [5, 5.41) is 11.6. The number of anilines is 1. The van der Waals surface area contributed by atoms with Crippen LogP contribution in [0.25, 0.3) is 0 Å². The molecule has 0 radical (unpaired) electrons. The van der Waals surface area contributed by atoms with Gasteiger partial charge in [0.15, 0.2) is 0 Å². The molecule has 1 unspecified atom stereocenters. The number of carbonyl (C=O) groups is 2. The molecule has 5 nitrogen and oxygen atoms in total. The predicted molar refractivity (Wildman–Crippen MR) is 67.8 cm³/mol. The van der Waals surface area contributed by atoms with E-state index in [1.54, 1.807) is 4.90 Å². The van der Waals surface area contributed by atoms with Gasteiger partial charge < -0.3 is 10.4 Å². The Bertz CT molecular complexity index is 479. The van der Waals surface area contributed by atoms with E-state index < -0.39 is 5.97 Å². The Labute approximate surface area is 105 Å². The number of urea groups is 1. The topological polar surface area (TPSA) is 69.6 Å². The summed E-state index contributed by atoms with van der Waals surface area (Å²) in [4.78, 5) is 24.3. The van der Waals surface area contributed by atoms with Crippen molar-refractivity contribution in [2.45, 2.75) is 26.3 Å². The number of amides is 2. The highest BCUT2D eigenvalue weighted by molar-refractivity contribution is 5.97. The van der Waals surface area contributed by atoms with Crippen molar-refractivity contribution >= 4 is 17.7 Å². The smallest absolute Gasteiger partial charge is 0.322 e. The van der Waals surface area contributed by atoms with E-state index in [-0.39, 0.29) is 18.5 Å². The molecule has 18 heavy (non-hydrogen) atoms. The molecule has 2 N–H and O–H groups in total. The lowest BCUT2D eigenvalue weighted by Gasteiger charge is -2.25. The van der Waals surface area contributed by atoms with Crippen LogP contribution >= 0.6 is 0 Å². The van der Waals surface area contributed by atoms with Gasteiger partial charge in [0.1, 0.15) is 0 Å². The fraction of sp³-hybridized carbons (Fsp3) is 0.385. The van der Waals surface area contributed by atoms with Gasteiger partial charge >= 0.3 is 12.0 Å². The van der Waals surface area contributed by atoms with Gasteiger partial charge in [0.2, 0.25) is 0 Å². The molecule has 1 fully saturated rings. The first-order valence-electron chi connectivity index (χ1n) is 5.85. The Morgan fingerprint density at radius 2 is 2.06 bits per heavy atom. The molecule has 0 saturated carbocycles. The largest absolute Gasteiger partial charge is 0.481 e. The maximum atomic E-state index is 11.9. The van der Waals surface area contributed by atoms with Crippen molar-refractivity contribution in [3.8, 4) is 0 Å². The van der Waals surface area contributed by atoms with Crippen LogP contribution in [0.2, 0.25) is 0 Å². The molecular formula is C13H16N2O3. The van der Waals surface area contributed by atoms with E-state index in [0.717, 1.165) is 16.8 Å². The Morgan fingerprint density at radius 1 is 1.44 bits per heavy atom. The highest BCUT2D eigenvalue weighted by Crippen LogP contribution is 2.29. The van der Waals surface area contributed by atoms with Gasteiger partial charge in [-0.05, 0) is 25.0 Å². The first kappa shape index (κ1) is 12.4. The van der Waals surface area contributed by atoms with E-state index in [1.807, 2.05) is 32.0 Å². The number of carboxylic acids is 1. The minimum Gasteiger partial charge on any atom is -0.481 e. The van der Waals surface area contributed by atoms with Crippen molar-refractivity contribution < 1.29 is 14.7 Å². The average Bonchev–Trinajstić information content (AvgIpc) is 2.60. The summed E-state index contributed by atoms with van der Waals surface area (Å²) < 4.78 is 0. The maximum absolute atomic E-state index is 11.9. The first-order valence-corrected chi connectivity index (χ1v) is 5.85. The van der Waals surface area contributed by atoms with Crippen LogP contribution in [0.5, 0.6) is 0 Å². The van der Waals surface area contributed by atoms with Gasteiger partial charge in [0, 0.05) is 6.54 Å². The van der Waals surface area contributed by atoms with Crippen molar-refractivity contribution in [2.75, 3.05) is 11.4 Å². The van der Waals surface area contributed by atoms with E-state index in [0.29, 0.717) is 6.54 Å². The normalized spacial score (nSPS) is 18.9. The van der Waals surface area contributed by atoms with Gasteiger partial charge in [0.25, 0.3) is 0 Å². The minimum atomic E-state index is -0.896. The number of rotatable bonds is 3. The summed E-state index contributed by atoms with van der Waals surface area (Å²) in [6.45, 7) is 4.22. The van der Waals surface area contributed by atoms with Crippen LogP contribution in [0.1, 0.15) is 17.5 Å². The lowest BCUT2D eigenvalue weighted by molar-refractivity contribution is -0.137. The summed E-state index contributed by atoms with van der Waals surface area (Å²) in [5.41, 5.74) is 2.77. The van der Waals surface area contributed by atoms with Crippen LogP contribution in [0.4, 0.5) is 10.5 Å². The molecule has 1 saturated heterocycles. The number of nitrogens with zero attached hydrogens (tertiary/aromatic N) is 1. The maximum Gasteiger partial charge on any atom is 0.322 e. The molecule has 2 rings (SSSR count). The van der Waals surface area contributed by atoms with E-state index in [4.69, 9.17) is 5.11 Å². The Morgan fingerprint density at radius 3 is 2.61 bits per heavy atom. The quantitative estimate of drug-likeness (QED) is 0.855. The summed E-state index contributed by atoms with van der Waals surface area (Å²) in [6, 6.07) is 5.22. The third kappa shape index (κ3) is 2.16. The second-order valence-electron chi connectivity index (χ2n) is 4.55. The molecule has 1 aromatic carbocycles. The van der Waals surface area contributed by atoms with E-state index in [9.17, 15) is 9.59 Å². The van der Waals surface area contributed by atoms with E-state index >= 15 is 0 Å². The van der Waals surface area contributed by atoms with Gasteiger partial charge in [-0.25, -0.2) is 4.79 Å². The van der Waals surface area contributed by atoms with E-state index in [1.165, 1.54) is 0 Å². The van der Waals surface area contributed by atoms with Crippen LogP contribution in [-0.2, 0) is 4.79 Å². The number of aliphatic carboxylic acids is 1. The molecule has 1 aliphatic heterocycles. The first-order chi connectivity index (χ1) is 8.50. The molecule has 5 heteroatoms. The van der Waals surface area contributed by atoms with Crippen molar-refractivity contribution in [3.63, 3.8) is 0 Å².